The van der Waals surface area contributed by atoms with Crippen LogP contribution in [0.5, 0.6) is 0 Å². The van der Waals surface area contributed by atoms with Crippen LogP contribution in [-0.4, -0.2) is 61.4 Å². The fourth-order valence-electron chi connectivity index (χ4n) is 3.86. The van der Waals surface area contributed by atoms with E-state index in [0.29, 0.717) is 24.6 Å². The molecule has 3 heterocycles. The fourth-order valence-corrected chi connectivity index (χ4v) is 3.86. The van der Waals surface area contributed by atoms with E-state index in [9.17, 15) is 0 Å². The standard InChI is InChI=1S/C22H30N4O3/c1-23-22(24-14-18-15-29-21(25-18)17-6-3-2-4-7-17)26-11-9-19(10-12-26)28-16-20-8-5-13-27-20/h2-4,6-7,15,19-20H,5,8-14,16H2,1H3,(H,23,24). The number of nitrogens with zero attached hydrogens (tertiary/aromatic N) is 3. The Kier molecular flexibility index (Phi) is 6.79. The lowest BCUT2D eigenvalue weighted by Crippen LogP contribution is -2.47. The summed E-state index contributed by atoms with van der Waals surface area (Å²) < 4.78 is 17.3. The molecule has 0 saturated carbocycles. The van der Waals surface area contributed by atoms with Crippen LogP contribution in [0.1, 0.15) is 31.4 Å². The van der Waals surface area contributed by atoms with E-state index in [2.05, 4.69) is 20.2 Å². The van der Waals surface area contributed by atoms with Crippen molar-refractivity contribution < 1.29 is 13.9 Å². The highest BCUT2D eigenvalue weighted by molar-refractivity contribution is 5.79. The summed E-state index contributed by atoms with van der Waals surface area (Å²) in [5.74, 6) is 1.54. The van der Waals surface area contributed by atoms with E-state index in [0.717, 1.165) is 69.2 Å². The van der Waals surface area contributed by atoms with E-state index >= 15 is 0 Å². The zero-order valence-electron chi connectivity index (χ0n) is 17.0. The van der Waals surface area contributed by atoms with Gasteiger partial charge in [0.25, 0.3) is 0 Å². The number of hydrogen-bond acceptors (Lipinski definition) is 5. The van der Waals surface area contributed by atoms with E-state index in [-0.39, 0.29) is 0 Å². The minimum atomic E-state index is 0.297. The molecule has 2 aliphatic heterocycles. The summed E-state index contributed by atoms with van der Waals surface area (Å²) >= 11 is 0. The zero-order valence-corrected chi connectivity index (χ0v) is 17.0. The maximum atomic E-state index is 6.07. The summed E-state index contributed by atoms with van der Waals surface area (Å²) in [6, 6.07) is 9.93. The molecular weight excluding hydrogens is 368 g/mol. The molecule has 0 amide bonds. The van der Waals surface area contributed by atoms with Crippen LogP contribution in [0.4, 0.5) is 0 Å². The van der Waals surface area contributed by atoms with Crippen LogP contribution >= 0.6 is 0 Å². The molecule has 2 aromatic rings. The van der Waals surface area contributed by atoms with Gasteiger partial charge in [0.15, 0.2) is 5.96 Å². The third-order valence-corrected chi connectivity index (χ3v) is 5.50. The van der Waals surface area contributed by atoms with Crippen molar-refractivity contribution in [2.75, 3.05) is 33.4 Å². The van der Waals surface area contributed by atoms with Crippen LogP contribution in [0.25, 0.3) is 11.5 Å². The quantitative estimate of drug-likeness (QED) is 0.596. The Bertz CT molecular complexity index is 778. The first-order valence-electron chi connectivity index (χ1n) is 10.5. The van der Waals surface area contributed by atoms with Gasteiger partial charge in [-0.3, -0.25) is 4.99 Å². The second-order valence-electron chi connectivity index (χ2n) is 7.57. The molecule has 1 aromatic carbocycles. The molecule has 2 aliphatic rings. The molecule has 4 rings (SSSR count). The number of aliphatic imine (C=N–C) groups is 1. The molecule has 0 aliphatic carbocycles. The van der Waals surface area contributed by atoms with Crippen LogP contribution < -0.4 is 5.32 Å². The molecule has 7 nitrogen and oxygen atoms in total. The molecule has 1 atom stereocenters. The van der Waals surface area contributed by atoms with Crippen molar-refractivity contribution in [2.45, 2.75) is 44.4 Å². The number of benzene rings is 1. The lowest BCUT2D eigenvalue weighted by Gasteiger charge is -2.34. The zero-order chi connectivity index (χ0) is 19.9. The summed E-state index contributed by atoms with van der Waals surface area (Å²) in [6.07, 6.45) is 6.62. The number of guanidine groups is 1. The first-order valence-corrected chi connectivity index (χ1v) is 10.5. The van der Waals surface area contributed by atoms with E-state index in [1.54, 1.807) is 6.26 Å². The Morgan fingerprint density at radius 1 is 1.24 bits per heavy atom. The highest BCUT2D eigenvalue weighted by atomic mass is 16.5. The number of aromatic nitrogens is 1. The van der Waals surface area contributed by atoms with Crippen LogP contribution in [0.15, 0.2) is 46.0 Å². The summed E-state index contributed by atoms with van der Waals surface area (Å²) in [4.78, 5) is 11.3. The molecule has 0 radical (unpaired) electrons. The number of ether oxygens (including phenoxy) is 2. The normalized spacial score (nSPS) is 20.9. The van der Waals surface area contributed by atoms with Gasteiger partial charge in [0.1, 0.15) is 6.26 Å². The van der Waals surface area contributed by atoms with Gasteiger partial charge < -0.3 is 24.1 Å². The number of piperidine rings is 1. The van der Waals surface area contributed by atoms with Gasteiger partial charge >= 0.3 is 0 Å². The van der Waals surface area contributed by atoms with Crippen molar-refractivity contribution in [3.8, 4) is 11.5 Å². The van der Waals surface area contributed by atoms with Gasteiger partial charge in [-0.05, 0) is 37.8 Å². The van der Waals surface area contributed by atoms with Crippen molar-refractivity contribution in [3.63, 3.8) is 0 Å². The molecular formula is C22H30N4O3. The summed E-state index contributed by atoms with van der Waals surface area (Å²) in [6.45, 7) is 4.06. The Morgan fingerprint density at radius 2 is 2.07 bits per heavy atom. The number of hydrogen-bond donors (Lipinski definition) is 1. The van der Waals surface area contributed by atoms with Crippen LogP contribution in [-0.2, 0) is 16.0 Å². The summed E-state index contributed by atoms with van der Waals surface area (Å²) in [5.41, 5.74) is 1.84. The molecule has 1 aromatic heterocycles. The summed E-state index contributed by atoms with van der Waals surface area (Å²) in [5, 5.41) is 3.40. The van der Waals surface area contributed by atoms with Crippen molar-refractivity contribution >= 4 is 5.96 Å². The highest BCUT2D eigenvalue weighted by Crippen LogP contribution is 2.19. The fraction of sp³-hybridized carbons (Fsp3) is 0.545. The van der Waals surface area contributed by atoms with Crippen LogP contribution in [0, 0.1) is 0 Å². The van der Waals surface area contributed by atoms with Gasteiger partial charge in [0, 0.05) is 32.3 Å². The van der Waals surface area contributed by atoms with E-state index < -0.39 is 0 Å². The molecule has 1 unspecified atom stereocenters. The van der Waals surface area contributed by atoms with Crippen LogP contribution in [0.3, 0.4) is 0 Å². The minimum Gasteiger partial charge on any atom is -0.444 e. The van der Waals surface area contributed by atoms with Crippen molar-refractivity contribution in [1.82, 2.24) is 15.2 Å². The van der Waals surface area contributed by atoms with Gasteiger partial charge in [-0.2, -0.15) is 0 Å². The van der Waals surface area contributed by atoms with E-state index in [4.69, 9.17) is 13.9 Å². The molecule has 7 heteroatoms. The third-order valence-electron chi connectivity index (χ3n) is 5.50. The van der Waals surface area contributed by atoms with Crippen molar-refractivity contribution in [3.05, 3.63) is 42.3 Å². The summed E-state index contributed by atoms with van der Waals surface area (Å²) in [7, 11) is 1.82. The van der Waals surface area contributed by atoms with Crippen molar-refractivity contribution in [2.24, 2.45) is 4.99 Å². The van der Waals surface area contributed by atoms with E-state index in [1.165, 1.54) is 0 Å². The Hall–Kier alpha value is -2.38. The predicted octanol–water partition coefficient (Wildman–Crippen LogP) is 3.08. The van der Waals surface area contributed by atoms with Gasteiger partial charge in [-0.25, -0.2) is 4.98 Å². The molecule has 156 valence electrons. The lowest BCUT2D eigenvalue weighted by atomic mass is 10.1. The predicted molar refractivity (Wildman–Crippen MR) is 112 cm³/mol. The largest absolute Gasteiger partial charge is 0.444 e. The number of rotatable bonds is 6. The second kappa shape index (κ2) is 9.89. The van der Waals surface area contributed by atoms with Gasteiger partial charge in [0.2, 0.25) is 5.89 Å². The highest BCUT2D eigenvalue weighted by Gasteiger charge is 2.24. The van der Waals surface area contributed by atoms with Gasteiger partial charge in [-0.15, -0.1) is 0 Å². The average molecular weight is 399 g/mol. The third kappa shape index (κ3) is 5.36. The SMILES string of the molecule is CN=C(NCc1coc(-c2ccccc2)n1)N1CCC(OCC2CCCO2)CC1. The molecule has 2 fully saturated rings. The molecule has 0 bridgehead atoms. The van der Waals surface area contributed by atoms with Crippen LogP contribution in [0.2, 0.25) is 0 Å². The first kappa shape index (κ1) is 19.9. The number of likely N-dealkylation sites (tertiary alicyclic amines) is 1. The Labute approximate surface area is 172 Å². The second-order valence-corrected chi connectivity index (χ2v) is 7.57. The first-order chi connectivity index (χ1) is 14.3. The minimum absolute atomic E-state index is 0.297. The smallest absolute Gasteiger partial charge is 0.226 e. The maximum absolute atomic E-state index is 6.07. The molecule has 2 saturated heterocycles. The molecule has 1 N–H and O–H groups in total. The van der Waals surface area contributed by atoms with Crippen molar-refractivity contribution in [1.29, 1.82) is 0 Å². The van der Waals surface area contributed by atoms with Gasteiger partial charge in [-0.1, -0.05) is 18.2 Å². The number of oxazole rings is 1. The topological polar surface area (TPSA) is 72.1 Å². The molecule has 29 heavy (non-hydrogen) atoms. The van der Waals surface area contributed by atoms with Gasteiger partial charge in [0.05, 0.1) is 31.1 Å². The maximum Gasteiger partial charge on any atom is 0.226 e. The Balaban J connectivity index is 1.22. The Morgan fingerprint density at radius 3 is 2.79 bits per heavy atom. The average Bonchev–Trinajstić information content (AvgIpc) is 3.46. The monoisotopic (exact) mass is 398 g/mol. The molecule has 0 spiro atoms. The number of nitrogens with one attached hydrogen (secondary N) is 1. The lowest BCUT2D eigenvalue weighted by molar-refractivity contribution is -0.0367. The van der Waals surface area contributed by atoms with E-state index in [1.807, 2.05) is 37.4 Å².